The Kier molecular flexibility index (Phi) is 4.53. The first-order chi connectivity index (χ1) is 12.7. The highest BCUT2D eigenvalue weighted by Crippen LogP contribution is 2.48. The Bertz CT molecular complexity index is 788. The molecule has 0 radical (unpaired) electrons. The lowest BCUT2D eigenvalue weighted by Crippen LogP contribution is -2.49. The topological polar surface area (TPSA) is 32.8 Å². The zero-order chi connectivity index (χ0) is 18.1. The van der Waals surface area contributed by atoms with E-state index in [1.807, 2.05) is 23.1 Å². The quantitative estimate of drug-likeness (QED) is 0.845. The number of carbonyl (C=O) groups excluding carboxylic acids is 1. The van der Waals surface area contributed by atoms with Gasteiger partial charge in [0, 0.05) is 38.2 Å². The van der Waals surface area contributed by atoms with Crippen LogP contribution >= 0.6 is 0 Å². The molecule has 4 nitrogen and oxygen atoms in total. The number of anilines is 1. The molecule has 5 heteroatoms. The van der Waals surface area contributed by atoms with Gasteiger partial charge in [-0.3, -0.25) is 4.79 Å². The van der Waals surface area contributed by atoms with Crippen LogP contribution in [-0.2, 0) is 4.79 Å². The van der Waals surface area contributed by atoms with E-state index in [-0.39, 0.29) is 17.6 Å². The third-order valence-corrected chi connectivity index (χ3v) is 5.41. The Balaban J connectivity index is 1.36. The van der Waals surface area contributed by atoms with Crippen molar-refractivity contribution in [1.82, 2.24) is 4.90 Å². The van der Waals surface area contributed by atoms with Crippen LogP contribution in [0.1, 0.15) is 17.9 Å². The van der Waals surface area contributed by atoms with Crippen LogP contribution in [0.15, 0.2) is 48.5 Å². The maximum absolute atomic E-state index is 13.4. The van der Waals surface area contributed by atoms with Gasteiger partial charge in [-0.05, 0) is 30.0 Å². The molecule has 2 fully saturated rings. The van der Waals surface area contributed by atoms with Crippen molar-refractivity contribution < 1.29 is 13.9 Å². The molecule has 2 aliphatic rings. The number of amides is 1. The minimum absolute atomic E-state index is 0.129. The van der Waals surface area contributed by atoms with Gasteiger partial charge in [-0.15, -0.1) is 0 Å². The third-order valence-electron chi connectivity index (χ3n) is 5.41. The Labute approximate surface area is 153 Å². The van der Waals surface area contributed by atoms with Crippen molar-refractivity contribution in [2.24, 2.45) is 5.92 Å². The maximum Gasteiger partial charge on any atom is 0.226 e. The molecule has 1 saturated carbocycles. The summed E-state index contributed by atoms with van der Waals surface area (Å²) in [6.45, 7) is 2.85. The average molecular weight is 354 g/mol. The number of rotatable bonds is 4. The molecule has 0 unspecified atom stereocenters. The summed E-state index contributed by atoms with van der Waals surface area (Å²) >= 11 is 0. The number of ether oxygens (including phenoxy) is 1. The number of carbonyl (C=O) groups is 1. The van der Waals surface area contributed by atoms with E-state index in [0.29, 0.717) is 24.8 Å². The number of benzene rings is 2. The minimum Gasteiger partial charge on any atom is -0.494 e. The highest BCUT2D eigenvalue weighted by atomic mass is 19.1. The lowest BCUT2D eigenvalue weighted by Gasteiger charge is -2.36. The summed E-state index contributed by atoms with van der Waals surface area (Å²) < 4.78 is 18.7. The second-order valence-corrected chi connectivity index (χ2v) is 6.99. The van der Waals surface area contributed by atoms with E-state index in [4.69, 9.17) is 4.74 Å². The Hall–Kier alpha value is -2.56. The second kappa shape index (κ2) is 6.98. The molecule has 0 spiro atoms. The van der Waals surface area contributed by atoms with E-state index < -0.39 is 0 Å². The van der Waals surface area contributed by atoms with E-state index in [1.54, 1.807) is 13.2 Å². The van der Waals surface area contributed by atoms with Gasteiger partial charge in [-0.1, -0.05) is 30.3 Å². The predicted molar refractivity (Wildman–Crippen MR) is 99.0 cm³/mol. The van der Waals surface area contributed by atoms with Crippen molar-refractivity contribution in [1.29, 1.82) is 0 Å². The normalized spacial score (nSPS) is 22.2. The number of piperazine rings is 1. The fourth-order valence-corrected chi connectivity index (χ4v) is 3.85. The van der Waals surface area contributed by atoms with Crippen molar-refractivity contribution in [2.45, 2.75) is 12.3 Å². The van der Waals surface area contributed by atoms with Crippen LogP contribution in [0.25, 0.3) is 0 Å². The van der Waals surface area contributed by atoms with Gasteiger partial charge in [-0.2, -0.15) is 0 Å². The predicted octanol–water partition coefficient (Wildman–Crippen LogP) is 3.29. The molecule has 2 atom stereocenters. The molecule has 2 aromatic carbocycles. The molecule has 0 N–H and O–H groups in total. The summed E-state index contributed by atoms with van der Waals surface area (Å²) in [6.07, 6.45) is 0.953. The van der Waals surface area contributed by atoms with Gasteiger partial charge >= 0.3 is 0 Å². The summed E-state index contributed by atoms with van der Waals surface area (Å²) in [6, 6.07) is 14.9. The van der Waals surface area contributed by atoms with Gasteiger partial charge in [0.15, 0.2) is 0 Å². The summed E-state index contributed by atoms with van der Waals surface area (Å²) in [4.78, 5) is 16.9. The van der Waals surface area contributed by atoms with E-state index in [2.05, 4.69) is 17.0 Å². The number of hydrogen-bond donors (Lipinski definition) is 0. The number of nitrogens with zero attached hydrogens (tertiary/aromatic N) is 2. The first-order valence-electron chi connectivity index (χ1n) is 9.09. The summed E-state index contributed by atoms with van der Waals surface area (Å²) in [5, 5.41) is 0. The van der Waals surface area contributed by atoms with Gasteiger partial charge in [0.25, 0.3) is 0 Å². The second-order valence-electron chi connectivity index (χ2n) is 6.99. The molecule has 136 valence electrons. The van der Waals surface area contributed by atoms with Crippen LogP contribution in [0, 0.1) is 11.7 Å². The van der Waals surface area contributed by atoms with Crippen LogP contribution < -0.4 is 9.64 Å². The number of hydrogen-bond acceptors (Lipinski definition) is 3. The molecule has 2 aromatic rings. The summed E-state index contributed by atoms with van der Waals surface area (Å²) in [5.41, 5.74) is 2.15. The smallest absolute Gasteiger partial charge is 0.226 e. The lowest BCUT2D eigenvalue weighted by atomic mass is 10.1. The Morgan fingerprint density at radius 1 is 1.08 bits per heavy atom. The van der Waals surface area contributed by atoms with E-state index in [0.717, 1.165) is 25.2 Å². The first-order valence-corrected chi connectivity index (χ1v) is 9.09. The molecule has 1 aliphatic carbocycles. The monoisotopic (exact) mass is 354 g/mol. The van der Waals surface area contributed by atoms with Crippen molar-refractivity contribution >= 4 is 11.6 Å². The Morgan fingerprint density at radius 3 is 2.50 bits per heavy atom. The SMILES string of the molecule is COc1cc(F)ccc1N1CCN(C(=O)[C@H]2C[C@@H]2c2ccccc2)CC1. The van der Waals surface area contributed by atoms with Crippen molar-refractivity contribution in [3.63, 3.8) is 0 Å². The van der Waals surface area contributed by atoms with Gasteiger partial charge in [0.2, 0.25) is 5.91 Å². The van der Waals surface area contributed by atoms with Crippen LogP contribution in [0.5, 0.6) is 5.75 Å². The lowest BCUT2D eigenvalue weighted by molar-refractivity contribution is -0.132. The van der Waals surface area contributed by atoms with Crippen LogP contribution in [-0.4, -0.2) is 44.1 Å². The first kappa shape index (κ1) is 16.9. The highest BCUT2D eigenvalue weighted by Gasteiger charge is 2.46. The van der Waals surface area contributed by atoms with E-state index >= 15 is 0 Å². The van der Waals surface area contributed by atoms with Crippen LogP contribution in [0.3, 0.4) is 0 Å². The fraction of sp³-hybridized carbons (Fsp3) is 0.381. The largest absolute Gasteiger partial charge is 0.494 e. The Morgan fingerprint density at radius 2 is 1.81 bits per heavy atom. The molecule has 0 bridgehead atoms. The van der Waals surface area contributed by atoms with E-state index in [9.17, 15) is 9.18 Å². The van der Waals surface area contributed by atoms with Crippen LogP contribution in [0.4, 0.5) is 10.1 Å². The van der Waals surface area contributed by atoms with Gasteiger partial charge in [0.1, 0.15) is 11.6 Å². The summed E-state index contributed by atoms with van der Waals surface area (Å²) in [7, 11) is 1.55. The molecule has 4 rings (SSSR count). The highest BCUT2D eigenvalue weighted by molar-refractivity contribution is 5.83. The molecular weight excluding hydrogens is 331 g/mol. The van der Waals surface area contributed by atoms with Gasteiger partial charge in [-0.25, -0.2) is 4.39 Å². The zero-order valence-electron chi connectivity index (χ0n) is 14.9. The summed E-state index contributed by atoms with van der Waals surface area (Å²) in [5.74, 6) is 1.00. The molecule has 0 aromatic heterocycles. The third kappa shape index (κ3) is 3.26. The standard InChI is InChI=1S/C21H23FN2O2/c1-26-20-13-16(22)7-8-19(20)23-9-11-24(12-10-23)21(25)18-14-17(18)15-5-3-2-4-6-15/h2-8,13,17-18H,9-12,14H2,1H3/t17-,18+/m1/s1. The maximum atomic E-state index is 13.4. The molecule has 26 heavy (non-hydrogen) atoms. The van der Waals surface area contributed by atoms with Crippen molar-refractivity contribution in [3.05, 3.63) is 59.9 Å². The van der Waals surface area contributed by atoms with Crippen molar-refractivity contribution in [3.8, 4) is 5.75 Å². The van der Waals surface area contributed by atoms with Crippen molar-refractivity contribution in [2.75, 3.05) is 38.2 Å². The zero-order valence-corrected chi connectivity index (χ0v) is 14.9. The molecule has 1 aliphatic heterocycles. The fourth-order valence-electron chi connectivity index (χ4n) is 3.85. The van der Waals surface area contributed by atoms with Crippen LogP contribution in [0.2, 0.25) is 0 Å². The van der Waals surface area contributed by atoms with E-state index in [1.165, 1.54) is 17.7 Å². The molecule has 1 amide bonds. The molecular formula is C21H23FN2O2. The number of methoxy groups -OCH3 is 1. The number of halogens is 1. The van der Waals surface area contributed by atoms with Gasteiger partial charge in [0.05, 0.1) is 12.8 Å². The molecule has 1 saturated heterocycles. The minimum atomic E-state index is -0.305. The van der Waals surface area contributed by atoms with Gasteiger partial charge < -0.3 is 14.5 Å². The average Bonchev–Trinajstić information content (AvgIpc) is 3.49. The molecule has 1 heterocycles.